The molecule has 0 saturated carbocycles. The maximum Gasteiger partial charge on any atom is 0.338 e. The standard InChI is InChI=1S/2C18H14N2O2.C11H13BrO3.C9H8N2/c2*1-22-15-6-4-13-11-20(18(21)16(13)10-15)14-5-7-17-12(9-14)3-2-8-19-17;1-3-15-11(13)10-6-9(14-2)5-4-8(10)7-12;10-8-3-4-9-7(6-8)2-1-5-11-9/h2*2-10H,11H2,1H3;4-6H,3,7H2,1-2H3;1-6H,10H2. The van der Waals surface area contributed by atoms with Gasteiger partial charge in [0.15, 0.2) is 0 Å². The molecule has 0 spiro atoms. The van der Waals surface area contributed by atoms with Gasteiger partial charge in [-0.25, -0.2) is 4.79 Å². The second kappa shape index (κ2) is 22.2. The van der Waals surface area contributed by atoms with E-state index in [0.29, 0.717) is 59.0 Å². The summed E-state index contributed by atoms with van der Waals surface area (Å²) in [6.45, 7) is 3.33. The second-order valence-corrected chi connectivity index (χ2v) is 16.5. The van der Waals surface area contributed by atoms with E-state index >= 15 is 0 Å². The van der Waals surface area contributed by atoms with Crippen molar-refractivity contribution in [3.63, 3.8) is 0 Å². The summed E-state index contributed by atoms with van der Waals surface area (Å²) in [6.07, 6.45) is 5.31. The number of halogens is 1. The Bertz CT molecular complexity index is 3220. The Morgan fingerprint density at radius 2 is 1.01 bits per heavy atom. The number of benzene rings is 6. The first-order valence-electron chi connectivity index (χ1n) is 22.3. The van der Waals surface area contributed by atoms with Crippen LogP contribution in [0.5, 0.6) is 17.2 Å². The van der Waals surface area contributed by atoms with Crippen molar-refractivity contribution in [1.82, 2.24) is 15.0 Å². The SMILES string of the molecule is CCOC(=O)c1cc(OC)ccc1CBr.COc1ccc2c(c1)C(=O)N(c1ccc3ncccc3c1)C2.COc1ccc2c(c1)C(=O)N(c1ccc3ncccc3c1)C2.Nc1ccc2ncccc2c1. The van der Waals surface area contributed by atoms with Crippen molar-refractivity contribution in [3.8, 4) is 17.2 Å². The van der Waals surface area contributed by atoms with E-state index in [-0.39, 0.29) is 17.8 Å². The average Bonchev–Trinajstić information content (AvgIpc) is 3.92. The molecule has 2 amide bonds. The van der Waals surface area contributed by atoms with Gasteiger partial charge >= 0.3 is 5.97 Å². The molecule has 70 heavy (non-hydrogen) atoms. The molecule has 0 atom stereocenters. The molecule has 0 unspecified atom stereocenters. The summed E-state index contributed by atoms with van der Waals surface area (Å²) in [6, 6.07) is 45.8. The topological polar surface area (TPSA) is 159 Å². The summed E-state index contributed by atoms with van der Waals surface area (Å²) >= 11 is 3.33. The van der Waals surface area contributed by atoms with Crippen LogP contribution in [0.25, 0.3) is 32.7 Å². The number of nitrogens with two attached hydrogens (primary N) is 1. The Morgan fingerprint density at radius 1 is 0.571 bits per heavy atom. The van der Waals surface area contributed by atoms with Crippen LogP contribution >= 0.6 is 15.9 Å². The molecular formula is C56H49BrN6O7. The number of pyridine rings is 3. The highest BCUT2D eigenvalue weighted by Gasteiger charge is 2.30. The van der Waals surface area contributed by atoms with Crippen LogP contribution < -0.4 is 29.7 Å². The zero-order valence-corrected chi connectivity index (χ0v) is 40.6. The fourth-order valence-corrected chi connectivity index (χ4v) is 8.47. The molecule has 11 rings (SSSR count). The smallest absolute Gasteiger partial charge is 0.338 e. The van der Waals surface area contributed by atoms with Gasteiger partial charge in [0.1, 0.15) is 17.2 Å². The Hall–Kier alpha value is -8.36. The van der Waals surface area contributed by atoms with Crippen LogP contribution in [0.2, 0.25) is 0 Å². The van der Waals surface area contributed by atoms with Gasteiger partial charge in [0.25, 0.3) is 11.8 Å². The number of alkyl halides is 1. The van der Waals surface area contributed by atoms with Crippen LogP contribution in [-0.2, 0) is 23.2 Å². The maximum atomic E-state index is 12.7. The van der Waals surface area contributed by atoms with Crippen molar-refractivity contribution in [1.29, 1.82) is 0 Å². The molecule has 0 bridgehead atoms. The van der Waals surface area contributed by atoms with E-state index in [0.717, 1.165) is 66.5 Å². The summed E-state index contributed by atoms with van der Waals surface area (Å²) in [5.74, 6) is 1.77. The van der Waals surface area contributed by atoms with Crippen molar-refractivity contribution in [2.24, 2.45) is 0 Å². The summed E-state index contributed by atoms with van der Waals surface area (Å²) in [5, 5.41) is 3.76. The highest BCUT2D eigenvalue weighted by Crippen LogP contribution is 2.34. The Kier molecular flexibility index (Phi) is 15.2. The van der Waals surface area contributed by atoms with E-state index < -0.39 is 0 Å². The van der Waals surface area contributed by atoms with Crippen molar-refractivity contribution in [2.45, 2.75) is 25.3 Å². The molecule has 2 aliphatic heterocycles. The molecule has 5 heterocycles. The molecular weight excluding hydrogens is 949 g/mol. The van der Waals surface area contributed by atoms with Crippen LogP contribution in [0.3, 0.4) is 0 Å². The number of methoxy groups -OCH3 is 3. The number of amides is 2. The highest BCUT2D eigenvalue weighted by atomic mass is 79.9. The first-order valence-corrected chi connectivity index (χ1v) is 23.4. The molecule has 0 radical (unpaired) electrons. The molecule has 0 fully saturated rings. The lowest BCUT2D eigenvalue weighted by Crippen LogP contribution is -2.22. The number of hydrogen-bond acceptors (Lipinski definition) is 11. The van der Waals surface area contributed by atoms with Crippen molar-refractivity contribution in [2.75, 3.05) is 43.5 Å². The Balaban J connectivity index is 0.000000130. The zero-order valence-electron chi connectivity index (χ0n) is 39.0. The van der Waals surface area contributed by atoms with Gasteiger partial charge in [-0.1, -0.05) is 52.3 Å². The van der Waals surface area contributed by atoms with Gasteiger partial charge in [-0.15, -0.1) is 0 Å². The van der Waals surface area contributed by atoms with Gasteiger partial charge in [0, 0.05) is 68.3 Å². The van der Waals surface area contributed by atoms with Gasteiger partial charge in [0.05, 0.1) is 63.1 Å². The lowest BCUT2D eigenvalue weighted by Gasteiger charge is -2.16. The van der Waals surface area contributed by atoms with Gasteiger partial charge in [0.2, 0.25) is 0 Å². The van der Waals surface area contributed by atoms with Crippen LogP contribution in [0.1, 0.15) is 54.7 Å². The van der Waals surface area contributed by atoms with E-state index in [1.54, 1.807) is 74.8 Å². The van der Waals surface area contributed by atoms with Crippen LogP contribution in [-0.4, -0.2) is 60.7 Å². The summed E-state index contributed by atoms with van der Waals surface area (Å²) in [5.41, 5.74) is 15.9. The van der Waals surface area contributed by atoms with Crippen molar-refractivity contribution in [3.05, 3.63) is 198 Å². The first kappa shape index (κ1) is 48.1. The number of ether oxygens (including phenoxy) is 4. The number of carbonyl (C=O) groups is 3. The lowest BCUT2D eigenvalue weighted by molar-refractivity contribution is 0.0524. The molecule has 6 aromatic carbocycles. The summed E-state index contributed by atoms with van der Waals surface area (Å²) in [7, 11) is 4.78. The number of carbonyl (C=O) groups excluding carboxylic acids is 3. The monoisotopic (exact) mass is 996 g/mol. The third-order valence-electron chi connectivity index (χ3n) is 11.6. The number of anilines is 3. The number of nitrogens with zero attached hydrogens (tertiary/aromatic N) is 5. The molecule has 0 aliphatic carbocycles. The molecule has 9 aromatic rings. The molecule has 352 valence electrons. The van der Waals surface area contributed by atoms with Gasteiger partial charge < -0.3 is 34.5 Å². The van der Waals surface area contributed by atoms with Crippen LogP contribution in [0, 0.1) is 0 Å². The van der Waals surface area contributed by atoms with E-state index in [1.807, 2.05) is 127 Å². The minimum absolute atomic E-state index is 0.0112. The quantitative estimate of drug-likeness (QED) is 0.0877. The largest absolute Gasteiger partial charge is 0.497 e. The third-order valence-corrected chi connectivity index (χ3v) is 12.2. The third kappa shape index (κ3) is 10.8. The summed E-state index contributed by atoms with van der Waals surface area (Å²) < 4.78 is 20.4. The molecule has 2 N–H and O–H groups in total. The van der Waals surface area contributed by atoms with Crippen molar-refractivity contribution < 1.29 is 33.3 Å². The highest BCUT2D eigenvalue weighted by molar-refractivity contribution is 9.08. The average molecular weight is 998 g/mol. The minimum Gasteiger partial charge on any atom is -0.497 e. The lowest BCUT2D eigenvalue weighted by atomic mass is 10.1. The predicted molar refractivity (Wildman–Crippen MR) is 278 cm³/mol. The number of rotatable bonds is 8. The number of fused-ring (bicyclic) bond motifs is 5. The van der Waals surface area contributed by atoms with Gasteiger partial charge in [-0.05, 0) is 133 Å². The maximum absolute atomic E-state index is 12.7. The predicted octanol–water partition coefficient (Wildman–Crippen LogP) is 11.4. The van der Waals surface area contributed by atoms with E-state index in [2.05, 4.69) is 30.9 Å². The first-order chi connectivity index (χ1) is 34.1. The summed E-state index contributed by atoms with van der Waals surface area (Å²) in [4.78, 5) is 53.3. The fraction of sp³-hybridized carbons (Fsp3) is 0.143. The van der Waals surface area contributed by atoms with Gasteiger partial charge in [-0.3, -0.25) is 24.5 Å². The second-order valence-electron chi connectivity index (χ2n) is 15.9. The zero-order chi connectivity index (χ0) is 49.1. The van der Waals surface area contributed by atoms with E-state index in [4.69, 9.17) is 24.7 Å². The van der Waals surface area contributed by atoms with Crippen molar-refractivity contribution >= 4 is 83.5 Å². The molecule has 3 aromatic heterocycles. The minimum atomic E-state index is -0.314. The molecule has 14 heteroatoms. The number of nitrogen functional groups attached to an aromatic ring is 1. The Morgan fingerprint density at radius 3 is 1.47 bits per heavy atom. The molecule has 2 aliphatic rings. The van der Waals surface area contributed by atoms with Crippen LogP contribution in [0.15, 0.2) is 164 Å². The molecule has 0 saturated heterocycles. The number of esters is 1. The molecule has 13 nitrogen and oxygen atoms in total. The van der Waals surface area contributed by atoms with Crippen LogP contribution in [0.4, 0.5) is 17.1 Å². The Labute approximate surface area is 413 Å². The normalized spacial score (nSPS) is 12.2. The van der Waals surface area contributed by atoms with E-state index in [1.165, 1.54) is 0 Å². The number of hydrogen-bond donors (Lipinski definition) is 1. The number of aromatic nitrogens is 3. The van der Waals surface area contributed by atoms with Gasteiger partial charge in [-0.2, -0.15) is 0 Å². The fourth-order valence-electron chi connectivity index (χ4n) is 7.99. The van der Waals surface area contributed by atoms with E-state index in [9.17, 15) is 14.4 Å².